The fourth-order valence-corrected chi connectivity index (χ4v) is 6.55. The van der Waals surface area contributed by atoms with Gasteiger partial charge in [0.2, 0.25) is 0 Å². The highest BCUT2D eigenvalue weighted by Crippen LogP contribution is 2.60. The Balaban J connectivity index is 1.74. The molecule has 0 aromatic heterocycles. The number of hydrogen-bond donors (Lipinski definition) is 2. The number of aliphatic hydroxyl groups excluding tert-OH is 1. The molecule has 7 nitrogen and oxygen atoms in total. The number of piperidine rings is 2. The number of carbonyl (C=O) groups is 1. The smallest absolute Gasteiger partial charge is 0.319 e. The molecule has 4 heterocycles. The summed E-state index contributed by atoms with van der Waals surface area (Å²) in [5.74, 6) is 0.477. The third kappa shape index (κ3) is 2.35. The number of esters is 1. The summed E-state index contributed by atoms with van der Waals surface area (Å²) >= 11 is 0. The first kappa shape index (κ1) is 19.0. The average Bonchev–Trinajstić information content (AvgIpc) is 3.00. The maximum atomic E-state index is 13.4. The summed E-state index contributed by atoms with van der Waals surface area (Å²) in [6, 6.07) is 5.25. The molecule has 4 fully saturated rings. The van der Waals surface area contributed by atoms with Crippen LogP contribution in [0.25, 0.3) is 0 Å². The summed E-state index contributed by atoms with van der Waals surface area (Å²) in [5, 5.41) is 22.6. The van der Waals surface area contributed by atoms with Gasteiger partial charge in [-0.2, -0.15) is 0 Å². The van der Waals surface area contributed by atoms with Crippen LogP contribution in [0.5, 0.6) is 5.75 Å². The molecule has 1 unspecified atom stereocenters. The summed E-state index contributed by atoms with van der Waals surface area (Å²) < 4.78 is 10.7. The highest BCUT2D eigenvalue weighted by molar-refractivity contribution is 6.15. The van der Waals surface area contributed by atoms with Crippen LogP contribution < -0.4 is 4.74 Å². The van der Waals surface area contributed by atoms with Gasteiger partial charge in [0.05, 0.1) is 31.7 Å². The van der Waals surface area contributed by atoms with E-state index in [9.17, 15) is 15.0 Å². The van der Waals surface area contributed by atoms with Crippen LogP contribution in [-0.2, 0) is 15.1 Å². The van der Waals surface area contributed by atoms with E-state index in [0.29, 0.717) is 42.1 Å². The Kier molecular flexibility index (Phi) is 4.11. The topological polar surface area (TPSA) is 91.6 Å². The summed E-state index contributed by atoms with van der Waals surface area (Å²) in [6.07, 6.45) is 1.37. The van der Waals surface area contributed by atoms with E-state index < -0.39 is 17.1 Å². The lowest BCUT2D eigenvalue weighted by Crippen LogP contribution is -2.69. The van der Waals surface area contributed by atoms with Crippen molar-refractivity contribution in [2.75, 3.05) is 27.3 Å². The van der Waals surface area contributed by atoms with E-state index in [-0.39, 0.29) is 23.8 Å². The van der Waals surface area contributed by atoms with Crippen LogP contribution in [0.2, 0.25) is 0 Å². The van der Waals surface area contributed by atoms with Crippen LogP contribution in [0.3, 0.4) is 0 Å². The van der Waals surface area contributed by atoms with Crippen molar-refractivity contribution in [3.05, 3.63) is 23.8 Å². The Bertz CT molecular complexity index is 899. The van der Waals surface area contributed by atoms with Crippen LogP contribution in [0.15, 0.2) is 23.2 Å². The predicted molar refractivity (Wildman–Crippen MR) is 106 cm³/mol. The van der Waals surface area contributed by atoms with Crippen molar-refractivity contribution in [2.24, 2.45) is 22.2 Å². The Morgan fingerprint density at radius 1 is 1.38 bits per heavy atom. The molecule has 156 valence electrons. The number of hydrogen-bond acceptors (Lipinski definition) is 7. The first-order valence-corrected chi connectivity index (χ1v) is 10.4. The van der Waals surface area contributed by atoms with Crippen molar-refractivity contribution in [3.63, 3.8) is 0 Å². The third-order valence-electron chi connectivity index (χ3n) is 7.64. The number of nitrogens with zero attached hydrogens (tertiary/aromatic N) is 2. The molecule has 2 N–H and O–H groups in total. The molecule has 7 atom stereocenters. The maximum Gasteiger partial charge on any atom is 0.319 e. The van der Waals surface area contributed by atoms with E-state index >= 15 is 0 Å². The summed E-state index contributed by atoms with van der Waals surface area (Å²) in [7, 11) is 2.99. The fourth-order valence-electron chi connectivity index (χ4n) is 6.55. The minimum atomic E-state index is -1.35. The molecule has 1 aliphatic carbocycles. The van der Waals surface area contributed by atoms with Gasteiger partial charge in [-0.15, -0.1) is 0 Å². The van der Waals surface area contributed by atoms with Crippen molar-refractivity contribution in [3.8, 4) is 5.75 Å². The first-order chi connectivity index (χ1) is 13.8. The van der Waals surface area contributed by atoms with Gasteiger partial charge in [-0.05, 0) is 50.3 Å². The Hall–Kier alpha value is -1.96. The van der Waals surface area contributed by atoms with Crippen LogP contribution in [0.1, 0.15) is 31.7 Å². The van der Waals surface area contributed by atoms with Gasteiger partial charge in [-0.1, -0.05) is 0 Å². The van der Waals surface area contributed by atoms with Gasteiger partial charge >= 0.3 is 5.97 Å². The van der Waals surface area contributed by atoms with Gasteiger partial charge in [-0.25, -0.2) is 0 Å². The number of carbonyl (C=O) groups excluding carboxylic acids is 1. The van der Waals surface area contributed by atoms with Crippen LogP contribution in [0.4, 0.5) is 5.69 Å². The molecule has 1 aromatic carbocycles. The second-order valence-corrected chi connectivity index (χ2v) is 9.07. The number of methoxy groups -OCH3 is 2. The van der Waals surface area contributed by atoms with Crippen LogP contribution in [-0.4, -0.2) is 66.2 Å². The quantitative estimate of drug-likeness (QED) is 0.750. The largest absolute Gasteiger partial charge is 0.497 e. The number of ether oxygens (including phenoxy) is 2. The molecule has 4 bridgehead atoms. The molecule has 7 heteroatoms. The van der Waals surface area contributed by atoms with E-state index in [1.165, 1.54) is 7.11 Å². The average molecular weight is 400 g/mol. The van der Waals surface area contributed by atoms with Gasteiger partial charge in [-0.3, -0.25) is 14.7 Å². The highest BCUT2D eigenvalue weighted by atomic mass is 16.5. The zero-order chi connectivity index (χ0) is 20.6. The molecular weight excluding hydrogens is 372 g/mol. The van der Waals surface area contributed by atoms with Gasteiger partial charge in [0.15, 0.2) is 0 Å². The third-order valence-corrected chi connectivity index (χ3v) is 7.64. The molecule has 1 aromatic rings. The maximum absolute atomic E-state index is 13.4. The van der Waals surface area contributed by atoms with Crippen LogP contribution in [0, 0.1) is 17.3 Å². The number of aliphatic hydroxyl groups is 2. The molecular formula is C22H28N2O5. The van der Waals surface area contributed by atoms with E-state index in [1.807, 2.05) is 18.2 Å². The fraction of sp³-hybridized carbons (Fsp3) is 0.636. The van der Waals surface area contributed by atoms with E-state index in [0.717, 1.165) is 13.0 Å². The Morgan fingerprint density at radius 2 is 2.17 bits per heavy atom. The summed E-state index contributed by atoms with van der Waals surface area (Å²) in [5.41, 5.74) is -0.554. The minimum absolute atomic E-state index is 0.0649. The second kappa shape index (κ2) is 6.27. The van der Waals surface area contributed by atoms with Crippen molar-refractivity contribution in [2.45, 2.75) is 43.9 Å². The summed E-state index contributed by atoms with van der Waals surface area (Å²) in [4.78, 5) is 20.6. The Morgan fingerprint density at radius 3 is 2.86 bits per heavy atom. The van der Waals surface area contributed by atoms with Crippen molar-refractivity contribution >= 4 is 17.4 Å². The predicted octanol–water partition coefficient (Wildman–Crippen LogP) is 1.62. The molecule has 0 spiro atoms. The molecule has 0 amide bonds. The molecule has 0 radical (unpaired) electrons. The molecule has 6 rings (SSSR count). The monoisotopic (exact) mass is 400 g/mol. The van der Waals surface area contributed by atoms with Gasteiger partial charge in [0, 0.05) is 30.6 Å². The lowest BCUT2D eigenvalue weighted by molar-refractivity contribution is -0.168. The van der Waals surface area contributed by atoms with Crippen molar-refractivity contribution < 1.29 is 24.5 Å². The molecule has 29 heavy (non-hydrogen) atoms. The minimum Gasteiger partial charge on any atom is -0.497 e. The van der Waals surface area contributed by atoms with Crippen molar-refractivity contribution in [1.29, 1.82) is 0 Å². The normalized spacial score (nSPS) is 40.4. The SMILES string of the molecule is COC(=O)[C@@]12C[C@H]3C[C@H]([C@H](C)O)[C@@H]1N(CC[C@@]1(O)C2=Nc2ccc(OC)cc21)C3. The van der Waals surface area contributed by atoms with Crippen molar-refractivity contribution in [1.82, 2.24) is 4.90 Å². The number of benzene rings is 1. The number of aliphatic imine (C=N–C) groups is 1. The highest BCUT2D eigenvalue weighted by Gasteiger charge is 2.69. The standard InChI is InChI=1S/C22H28N2O5/c1-12(25)15-8-13-10-21(20(26)29-3)18(15)24(11-13)7-6-22(27)16-9-14(28-2)4-5-17(16)23-19(21)22/h4-5,9,12-13,15,18,25,27H,6-8,10-11H2,1-3H3/t12-,13+,15+,18-,21-,22-/m0/s1. The van der Waals surface area contributed by atoms with Crippen LogP contribution >= 0.6 is 0 Å². The molecule has 5 aliphatic rings. The van der Waals surface area contributed by atoms with Gasteiger partial charge in [0.25, 0.3) is 0 Å². The molecule has 1 saturated carbocycles. The zero-order valence-electron chi connectivity index (χ0n) is 17.1. The van der Waals surface area contributed by atoms with E-state index in [2.05, 4.69) is 4.90 Å². The van der Waals surface area contributed by atoms with Gasteiger partial charge in [0.1, 0.15) is 16.8 Å². The Labute approximate surface area is 170 Å². The lowest BCUT2D eigenvalue weighted by Gasteiger charge is -2.58. The number of rotatable bonds is 3. The van der Waals surface area contributed by atoms with E-state index in [1.54, 1.807) is 14.0 Å². The molecule has 4 aliphatic heterocycles. The second-order valence-electron chi connectivity index (χ2n) is 9.07. The molecule has 3 saturated heterocycles. The first-order valence-electron chi connectivity index (χ1n) is 10.4. The van der Waals surface area contributed by atoms with E-state index in [4.69, 9.17) is 14.5 Å². The summed E-state index contributed by atoms with van der Waals surface area (Å²) in [6.45, 7) is 3.31. The number of fused-ring (bicyclic) bond motifs is 4. The zero-order valence-corrected chi connectivity index (χ0v) is 17.1. The lowest BCUT2D eigenvalue weighted by atomic mass is 9.54. The van der Waals surface area contributed by atoms with Gasteiger partial charge < -0.3 is 19.7 Å².